The molecule has 1 aliphatic rings. The van der Waals surface area contributed by atoms with Gasteiger partial charge < -0.3 is 15.5 Å². The van der Waals surface area contributed by atoms with Crippen molar-refractivity contribution < 1.29 is 4.79 Å². The number of likely N-dealkylation sites (tertiary alicyclic amines) is 1. The van der Waals surface area contributed by atoms with E-state index in [1.165, 1.54) is 11.1 Å². The summed E-state index contributed by atoms with van der Waals surface area (Å²) in [6, 6.07) is 19.9. The number of halogens is 1. The van der Waals surface area contributed by atoms with E-state index < -0.39 is 0 Å². The standard InChI is InChI=1S/C22H26N4O.HI/c1-23-22(24-17-21(27)25-20-10-6-3-7-11-20)26-14-12-19(13-15-26)16-18-8-4-2-5-9-18;/h2-11,16H,12-15,17H2,1H3,(H,23,24)(H,25,27);1H. The van der Waals surface area contributed by atoms with Crippen LogP contribution in [0, 0.1) is 0 Å². The Hall–Kier alpha value is -2.35. The molecule has 2 N–H and O–H groups in total. The van der Waals surface area contributed by atoms with Gasteiger partial charge in [0, 0.05) is 25.8 Å². The molecule has 3 rings (SSSR count). The number of hydrogen-bond acceptors (Lipinski definition) is 2. The minimum absolute atomic E-state index is 0. The zero-order chi connectivity index (χ0) is 18.9. The predicted octanol–water partition coefficient (Wildman–Crippen LogP) is 4.00. The summed E-state index contributed by atoms with van der Waals surface area (Å²) in [6.07, 6.45) is 4.29. The molecule has 0 aromatic heterocycles. The number of benzene rings is 2. The maximum atomic E-state index is 12.1. The number of aliphatic imine (C=N–C) groups is 1. The largest absolute Gasteiger partial charge is 0.347 e. The van der Waals surface area contributed by atoms with Crippen molar-refractivity contribution in [2.45, 2.75) is 12.8 Å². The van der Waals surface area contributed by atoms with Crippen LogP contribution in [0.2, 0.25) is 0 Å². The number of hydrogen-bond donors (Lipinski definition) is 2. The zero-order valence-electron chi connectivity index (χ0n) is 16.1. The lowest BCUT2D eigenvalue weighted by Gasteiger charge is -2.31. The molecule has 1 amide bonds. The summed E-state index contributed by atoms with van der Waals surface area (Å²) in [5.41, 5.74) is 3.50. The molecule has 2 aromatic rings. The van der Waals surface area contributed by atoms with E-state index in [1.54, 1.807) is 7.05 Å². The van der Waals surface area contributed by atoms with Crippen molar-refractivity contribution in [3.8, 4) is 0 Å². The normalized spacial score (nSPS) is 14.1. The van der Waals surface area contributed by atoms with Crippen LogP contribution < -0.4 is 10.6 Å². The Bertz CT molecular complexity index is 796. The second-order valence-corrected chi connectivity index (χ2v) is 6.52. The number of guanidine groups is 1. The molecule has 0 unspecified atom stereocenters. The van der Waals surface area contributed by atoms with Crippen molar-refractivity contribution in [2.24, 2.45) is 4.99 Å². The smallest absolute Gasteiger partial charge is 0.243 e. The second kappa shape index (κ2) is 11.5. The quantitative estimate of drug-likeness (QED) is 0.387. The monoisotopic (exact) mass is 490 g/mol. The van der Waals surface area contributed by atoms with Gasteiger partial charge in [0.2, 0.25) is 5.91 Å². The zero-order valence-corrected chi connectivity index (χ0v) is 18.4. The highest BCUT2D eigenvalue weighted by Crippen LogP contribution is 2.19. The van der Waals surface area contributed by atoms with Crippen molar-refractivity contribution in [3.63, 3.8) is 0 Å². The molecular weight excluding hydrogens is 463 g/mol. The van der Waals surface area contributed by atoms with Gasteiger partial charge in [-0.3, -0.25) is 9.79 Å². The Morgan fingerprint density at radius 3 is 2.25 bits per heavy atom. The van der Waals surface area contributed by atoms with Crippen LogP contribution in [0.4, 0.5) is 5.69 Å². The van der Waals surface area contributed by atoms with E-state index in [0.717, 1.165) is 37.6 Å². The summed E-state index contributed by atoms with van der Waals surface area (Å²) < 4.78 is 0. The first-order chi connectivity index (χ1) is 13.2. The highest BCUT2D eigenvalue weighted by molar-refractivity contribution is 14.0. The molecule has 1 heterocycles. The van der Waals surface area contributed by atoms with Gasteiger partial charge >= 0.3 is 0 Å². The average Bonchev–Trinajstić information content (AvgIpc) is 2.71. The predicted molar refractivity (Wildman–Crippen MR) is 127 cm³/mol. The Morgan fingerprint density at radius 2 is 1.64 bits per heavy atom. The van der Waals surface area contributed by atoms with Crippen LogP contribution in [0.25, 0.3) is 6.08 Å². The molecule has 2 aromatic carbocycles. The van der Waals surface area contributed by atoms with Crippen LogP contribution in [0.15, 0.2) is 71.2 Å². The minimum atomic E-state index is -0.0796. The summed E-state index contributed by atoms with van der Waals surface area (Å²) in [4.78, 5) is 18.7. The third-order valence-electron chi connectivity index (χ3n) is 4.55. The number of rotatable bonds is 4. The number of piperidine rings is 1. The topological polar surface area (TPSA) is 56.7 Å². The number of carbonyl (C=O) groups is 1. The fraction of sp³-hybridized carbons (Fsp3) is 0.273. The lowest BCUT2D eigenvalue weighted by molar-refractivity contribution is -0.115. The number of anilines is 1. The Balaban J connectivity index is 0.00000280. The first-order valence-electron chi connectivity index (χ1n) is 9.29. The summed E-state index contributed by atoms with van der Waals surface area (Å²) in [5.74, 6) is 0.695. The number of para-hydroxylation sites is 1. The molecule has 0 saturated carbocycles. The fourth-order valence-electron chi connectivity index (χ4n) is 3.15. The molecule has 0 aliphatic carbocycles. The summed E-state index contributed by atoms with van der Waals surface area (Å²) >= 11 is 0. The molecule has 0 atom stereocenters. The first kappa shape index (κ1) is 21.9. The van der Waals surface area contributed by atoms with E-state index in [1.807, 2.05) is 36.4 Å². The third-order valence-corrected chi connectivity index (χ3v) is 4.55. The van der Waals surface area contributed by atoms with Crippen LogP contribution >= 0.6 is 24.0 Å². The van der Waals surface area contributed by atoms with Crippen molar-refractivity contribution in [3.05, 3.63) is 71.8 Å². The molecule has 0 radical (unpaired) electrons. The van der Waals surface area contributed by atoms with Gasteiger partial charge in [0.25, 0.3) is 0 Å². The molecule has 1 aliphatic heterocycles. The van der Waals surface area contributed by atoms with Gasteiger partial charge in [0.05, 0.1) is 6.54 Å². The van der Waals surface area contributed by atoms with Gasteiger partial charge in [0.1, 0.15) is 0 Å². The summed E-state index contributed by atoms with van der Waals surface area (Å²) in [7, 11) is 1.76. The second-order valence-electron chi connectivity index (χ2n) is 6.52. The van der Waals surface area contributed by atoms with E-state index >= 15 is 0 Å². The average molecular weight is 490 g/mol. The highest BCUT2D eigenvalue weighted by atomic mass is 127. The van der Waals surface area contributed by atoms with E-state index in [9.17, 15) is 4.79 Å². The Morgan fingerprint density at radius 1 is 1.04 bits per heavy atom. The SMILES string of the molecule is CN=C(NCC(=O)Nc1ccccc1)N1CCC(=Cc2ccccc2)CC1.I. The van der Waals surface area contributed by atoms with Crippen LogP contribution in [-0.2, 0) is 4.79 Å². The van der Waals surface area contributed by atoms with E-state index in [2.05, 4.69) is 50.9 Å². The molecule has 0 bridgehead atoms. The number of nitrogens with one attached hydrogen (secondary N) is 2. The molecule has 28 heavy (non-hydrogen) atoms. The van der Waals surface area contributed by atoms with Crippen LogP contribution in [-0.4, -0.2) is 43.4 Å². The van der Waals surface area contributed by atoms with Crippen LogP contribution in [0.1, 0.15) is 18.4 Å². The van der Waals surface area contributed by atoms with Crippen LogP contribution in [0.3, 0.4) is 0 Å². The molecule has 5 nitrogen and oxygen atoms in total. The van der Waals surface area contributed by atoms with Gasteiger partial charge in [0.15, 0.2) is 5.96 Å². The van der Waals surface area contributed by atoms with Crippen molar-refractivity contribution >= 4 is 47.6 Å². The molecule has 0 spiro atoms. The summed E-state index contributed by atoms with van der Waals surface area (Å²) in [5, 5.41) is 6.04. The number of nitrogens with zero attached hydrogens (tertiary/aromatic N) is 2. The lowest BCUT2D eigenvalue weighted by atomic mass is 10.0. The Kier molecular flexibility index (Phi) is 9.00. The minimum Gasteiger partial charge on any atom is -0.347 e. The van der Waals surface area contributed by atoms with E-state index in [-0.39, 0.29) is 36.4 Å². The van der Waals surface area contributed by atoms with Gasteiger partial charge in [-0.2, -0.15) is 0 Å². The molecule has 6 heteroatoms. The number of amides is 1. The van der Waals surface area contributed by atoms with Gasteiger partial charge in [-0.05, 0) is 30.5 Å². The van der Waals surface area contributed by atoms with Gasteiger partial charge in [-0.15, -0.1) is 24.0 Å². The van der Waals surface area contributed by atoms with Crippen molar-refractivity contribution in [1.29, 1.82) is 0 Å². The molecule has 1 saturated heterocycles. The molecule has 1 fully saturated rings. The lowest BCUT2D eigenvalue weighted by Crippen LogP contribution is -2.46. The third kappa shape index (κ3) is 6.67. The molecule has 148 valence electrons. The van der Waals surface area contributed by atoms with Gasteiger partial charge in [-0.25, -0.2) is 0 Å². The first-order valence-corrected chi connectivity index (χ1v) is 9.29. The van der Waals surface area contributed by atoms with Crippen LogP contribution in [0.5, 0.6) is 0 Å². The van der Waals surface area contributed by atoms with E-state index in [4.69, 9.17) is 0 Å². The Labute approximate surface area is 184 Å². The van der Waals surface area contributed by atoms with Gasteiger partial charge in [-0.1, -0.05) is 60.2 Å². The molecular formula is C22H27IN4O. The number of carbonyl (C=O) groups excluding carboxylic acids is 1. The maximum Gasteiger partial charge on any atom is 0.243 e. The maximum absolute atomic E-state index is 12.1. The fourth-order valence-corrected chi connectivity index (χ4v) is 3.15. The van der Waals surface area contributed by atoms with Crippen molar-refractivity contribution in [1.82, 2.24) is 10.2 Å². The van der Waals surface area contributed by atoms with Crippen molar-refractivity contribution in [2.75, 3.05) is 32.0 Å². The van der Waals surface area contributed by atoms with E-state index in [0.29, 0.717) is 0 Å². The summed E-state index contributed by atoms with van der Waals surface area (Å²) in [6.45, 7) is 2.00. The highest BCUT2D eigenvalue weighted by Gasteiger charge is 2.17.